The molecule has 0 unspecified atom stereocenters. The zero-order valence-corrected chi connectivity index (χ0v) is 14.3. The van der Waals surface area contributed by atoms with Crippen molar-refractivity contribution in [3.63, 3.8) is 0 Å². The zero-order valence-electron chi connectivity index (χ0n) is 14.3. The lowest BCUT2D eigenvalue weighted by Gasteiger charge is -2.56. The second kappa shape index (κ2) is 5.91. The molecule has 0 aromatic heterocycles. The number of hydrazine groups is 1. The molecule has 4 aliphatic rings. The molecule has 4 saturated carbocycles. The molecule has 0 saturated heterocycles. The molecule has 2 amide bonds. The van der Waals surface area contributed by atoms with Gasteiger partial charge in [-0.15, -0.1) is 0 Å². The van der Waals surface area contributed by atoms with Crippen molar-refractivity contribution >= 4 is 11.8 Å². The summed E-state index contributed by atoms with van der Waals surface area (Å²) < 4.78 is 0. The van der Waals surface area contributed by atoms with Crippen LogP contribution in [0, 0.1) is 30.1 Å². The van der Waals surface area contributed by atoms with Crippen LogP contribution in [0.2, 0.25) is 0 Å². The summed E-state index contributed by atoms with van der Waals surface area (Å²) in [4.78, 5) is 24.5. The van der Waals surface area contributed by atoms with E-state index in [0.717, 1.165) is 23.3 Å². The largest absolute Gasteiger partial charge is 0.273 e. The molecule has 24 heavy (non-hydrogen) atoms. The molecule has 0 heterocycles. The third-order valence-electron chi connectivity index (χ3n) is 6.33. The summed E-state index contributed by atoms with van der Waals surface area (Å²) in [6.07, 6.45) is 8.32. The maximum atomic E-state index is 12.4. The summed E-state index contributed by atoms with van der Waals surface area (Å²) in [6, 6.07) is 7.34. The summed E-state index contributed by atoms with van der Waals surface area (Å²) in [5.41, 5.74) is 7.07. The van der Waals surface area contributed by atoms with Gasteiger partial charge in [-0.05, 0) is 80.8 Å². The first-order valence-corrected chi connectivity index (χ1v) is 9.17. The van der Waals surface area contributed by atoms with Crippen LogP contribution in [0.5, 0.6) is 0 Å². The molecule has 4 aliphatic carbocycles. The minimum absolute atomic E-state index is 0.0441. The molecule has 4 heteroatoms. The standard InChI is InChI=1S/C20H26N2O2/c1-13-2-4-17(5-3-13)19(24)22-21-18(23)12-20-9-14-6-15(10-20)8-16(7-14)11-20/h2-5,14-16H,6-12H2,1H3,(H,21,23)(H,22,24). The van der Waals surface area contributed by atoms with Gasteiger partial charge in [0, 0.05) is 12.0 Å². The molecule has 128 valence electrons. The number of hydrogen-bond donors (Lipinski definition) is 2. The Kier molecular flexibility index (Phi) is 3.86. The van der Waals surface area contributed by atoms with Gasteiger partial charge in [-0.1, -0.05) is 17.7 Å². The highest BCUT2D eigenvalue weighted by molar-refractivity contribution is 5.95. The Morgan fingerprint density at radius 3 is 2.04 bits per heavy atom. The first-order valence-electron chi connectivity index (χ1n) is 9.17. The van der Waals surface area contributed by atoms with Crippen molar-refractivity contribution in [3.05, 3.63) is 35.4 Å². The molecular weight excluding hydrogens is 300 g/mol. The third kappa shape index (κ3) is 3.06. The van der Waals surface area contributed by atoms with Gasteiger partial charge >= 0.3 is 0 Å². The number of carbonyl (C=O) groups excluding carboxylic acids is 2. The average molecular weight is 326 g/mol. The summed E-state index contributed by atoms with van der Waals surface area (Å²) in [5, 5.41) is 0. The van der Waals surface area contributed by atoms with Crippen molar-refractivity contribution in [3.8, 4) is 0 Å². The van der Waals surface area contributed by atoms with Crippen molar-refractivity contribution in [1.29, 1.82) is 0 Å². The predicted molar refractivity (Wildman–Crippen MR) is 92.0 cm³/mol. The minimum atomic E-state index is -0.256. The molecule has 0 atom stereocenters. The van der Waals surface area contributed by atoms with Crippen LogP contribution in [0.25, 0.3) is 0 Å². The molecule has 0 aliphatic heterocycles. The van der Waals surface area contributed by atoms with E-state index in [1.165, 1.54) is 38.5 Å². The fourth-order valence-corrected chi connectivity index (χ4v) is 5.79. The van der Waals surface area contributed by atoms with Crippen LogP contribution in [-0.2, 0) is 4.79 Å². The lowest BCUT2D eigenvalue weighted by Crippen LogP contribution is -2.50. The average Bonchev–Trinajstić information content (AvgIpc) is 2.51. The van der Waals surface area contributed by atoms with Crippen LogP contribution >= 0.6 is 0 Å². The molecule has 4 fully saturated rings. The fourth-order valence-electron chi connectivity index (χ4n) is 5.79. The van der Waals surface area contributed by atoms with Gasteiger partial charge in [0.05, 0.1) is 0 Å². The Morgan fingerprint density at radius 1 is 0.958 bits per heavy atom. The van der Waals surface area contributed by atoms with Gasteiger partial charge < -0.3 is 0 Å². The van der Waals surface area contributed by atoms with Gasteiger partial charge in [-0.2, -0.15) is 0 Å². The van der Waals surface area contributed by atoms with Gasteiger partial charge in [0.25, 0.3) is 5.91 Å². The monoisotopic (exact) mass is 326 g/mol. The van der Waals surface area contributed by atoms with Gasteiger partial charge in [-0.25, -0.2) is 0 Å². The van der Waals surface area contributed by atoms with Crippen molar-refractivity contribution < 1.29 is 9.59 Å². The Bertz CT molecular complexity index is 615. The maximum absolute atomic E-state index is 12.4. The number of benzene rings is 1. The Balaban J connectivity index is 1.32. The lowest BCUT2D eigenvalue weighted by atomic mass is 9.49. The van der Waals surface area contributed by atoms with E-state index in [0.29, 0.717) is 12.0 Å². The molecular formula is C20H26N2O2. The lowest BCUT2D eigenvalue weighted by molar-refractivity contribution is -0.130. The van der Waals surface area contributed by atoms with Gasteiger partial charge in [0.15, 0.2) is 0 Å². The highest BCUT2D eigenvalue weighted by atomic mass is 16.2. The summed E-state index contributed by atoms with van der Waals surface area (Å²) in [5.74, 6) is 2.22. The summed E-state index contributed by atoms with van der Waals surface area (Å²) in [6.45, 7) is 1.98. The van der Waals surface area contributed by atoms with Crippen LogP contribution in [-0.4, -0.2) is 11.8 Å². The van der Waals surface area contributed by atoms with Gasteiger partial charge in [0.1, 0.15) is 0 Å². The first-order chi connectivity index (χ1) is 11.5. The van der Waals surface area contributed by atoms with Crippen molar-refractivity contribution in [2.45, 2.75) is 51.9 Å². The van der Waals surface area contributed by atoms with E-state index in [-0.39, 0.29) is 17.2 Å². The van der Waals surface area contributed by atoms with Gasteiger partial charge in [-0.3, -0.25) is 20.4 Å². The Morgan fingerprint density at radius 2 is 1.50 bits per heavy atom. The van der Waals surface area contributed by atoms with E-state index in [9.17, 15) is 9.59 Å². The second-order valence-electron chi connectivity index (χ2n) is 8.46. The van der Waals surface area contributed by atoms with E-state index in [1.807, 2.05) is 19.1 Å². The number of aryl methyl sites for hydroxylation is 1. The van der Waals surface area contributed by atoms with Crippen molar-refractivity contribution in [2.24, 2.45) is 23.2 Å². The van der Waals surface area contributed by atoms with E-state index in [2.05, 4.69) is 10.9 Å². The molecule has 5 rings (SSSR count). The molecule has 4 bridgehead atoms. The van der Waals surface area contributed by atoms with E-state index in [1.54, 1.807) is 12.1 Å². The van der Waals surface area contributed by atoms with Crippen LogP contribution in [0.15, 0.2) is 24.3 Å². The van der Waals surface area contributed by atoms with Crippen LogP contribution in [0.1, 0.15) is 60.9 Å². The third-order valence-corrected chi connectivity index (χ3v) is 6.33. The molecule has 1 aromatic carbocycles. The van der Waals surface area contributed by atoms with E-state index < -0.39 is 0 Å². The maximum Gasteiger partial charge on any atom is 0.269 e. The highest BCUT2D eigenvalue weighted by Crippen LogP contribution is 2.61. The number of rotatable bonds is 3. The Labute approximate surface area is 143 Å². The fraction of sp³-hybridized carbons (Fsp3) is 0.600. The molecule has 4 nitrogen and oxygen atoms in total. The summed E-state index contributed by atoms with van der Waals surface area (Å²) in [7, 11) is 0. The quantitative estimate of drug-likeness (QED) is 0.837. The molecule has 2 N–H and O–H groups in total. The molecule has 0 spiro atoms. The van der Waals surface area contributed by atoms with E-state index >= 15 is 0 Å². The van der Waals surface area contributed by atoms with E-state index in [4.69, 9.17) is 0 Å². The zero-order chi connectivity index (χ0) is 16.7. The SMILES string of the molecule is Cc1ccc(C(=O)NNC(=O)CC23CC4CC(CC(C4)C2)C3)cc1. The topological polar surface area (TPSA) is 58.2 Å². The smallest absolute Gasteiger partial charge is 0.269 e. The first kappa shape index (κ1) is 15.7. The second-order valence-corrected chi connectivity index (χ2v) is 8.46. The summed E-state index contributed by atoms with van der Waals surface area (Å²) >= 11 is 0. The van der Waals surface area contributed by atoms with Crippen LogP contribution in [0.4, 0.5) is 0 Å². The predicted octanol–water partition coefficient (Wildman–Crippen LogP) is 3.36. The minimum Gasteiger partial charge on any atom is -0.273 e. The van der Waals surface area contributed by atoms with Crippen LogP contribution < -0.4 is 10.9 Å². The van der Waals surface area contributed by atoms with Crippen molar-refractivity contribution in [2.75, 3.05) is 0 Å². The number of hydrogen-bond acceptors (Lipinski definition) is 2. The van der Waals surface area contributed by atoms with Crippen LogP contribution in [0.3, 0.4) is 0 Å². The highest BCUT2D eigenvalue weighted by Gasteiger charge is 2.51. The number of nitrogens with one attached hydrogen (secondary N) is 2. The Hall–Kier alpha value is -1.84. The van der Waals surface area contributed by atoms with Gasteiger partial charge in [0.2, 0.25) is 5.91 Å². The molecule has 0 radical (unpaired) electrons. The number of carbonyl (C=O) groups is 2. The molecule has 1 aromatic rings. The number of amides is 2. The van der Waals surface area contributed by atoms with Crippen molar-refractivity contribution in [1.82, 2.24) is 10.9 Å². The normalized spacial score (nSPS) is 33.3.